The van der Waals surface area contributed by atoms with Crippen LogP contribution < -0.4 is 11.3 Å². The molecule has 54 valence electrons. The molecule has 0 saturated heterocycles. The number of hydrazine groups is 1. The first-order valence-corrected chi connectivity index (χ1v) is 2.91. The first-order chi connectivity index (χ1) is 4.22. The molecule has 0 fully saturated rings. The molecular formula is C4H10N2O2S. The lowest BCUT2D eigenvalue weighted by Gasteiger charge is -2.05. The van der Waals surface area contributed by atoms with E-state index in [-0.39, 0.29) is 12.5 Å². The van der Waals surface area contributed by atoms with Crippen molar-refractivity contribution in [3.8, 4) is 0 Å². The minimum absolute atomic E-state index is 0.270. The molecule has 0 saturated carbocycles. The van der Waals surface area contributed by atoms with E-state index in [2.05, 4.69) is 17.4 Å². The summed E-state index contributed by atoms with van der Waals surface area (Å²) in [6.07, 6.45) is 0. The summed E-state index contributed by atoms with van der Waals surface area (Å²) in [5, 5.41) is -0.472. The van der Waals surface area contributed by atoms with Gasteiger partial charge < -0.3 is 4.74 Å². The average molecular weight is 150 g/mol. The Labute approximate surface area is 59.1 Å². The van der Waals surface area contributed by atoms with E-state index in [0.29, 0.717) is 0 Å². The van der Waals surface area contributed by atoms with E-state index in [1.807, 2.05) is 5.43 Å². The fourth-order valence-electron chi connectivity index (χ4n) is 0.330. The first-order valence-electron chi connectivity index (χ1n) is 2.39. The Bertz CT molecular complexity index is 98.6. The Balaban J connectivity index is 3.45. The molecule has 1 atom stereocenters. The van der Waals surface area contributed by atoms with Crippen LogP contribution in [0, 0.1) is 0 Å². The van der Waals surface area contributed by atoms with Gasteiger partial charge in [-0.3, -0.25) is 10.2 Å². The van der Waals surface area contributed by atoms with Gasteiger partial charge in [-0.1, -0.05) is 0 Å². The highest BCUT2D eigenvalue weighted by Gasteiger charge is 2.10. The normalized spacial score (nSPS) is 12.8. The number of ether oxygens (including phenoxy) is 1. The Hall–Kier alpha value is -0.260. The maximum absolute atomic E-state index is 10.5. The smallest absolute Gasteiger partial charge is 0.249 e. The van der Waals surface area contributed by atoms with E-state index in [1.54, 1.807) is 0 Å². The third kappa shape index (κ3) is 3.34. The highest BCUT2D eigenvalue weighted by Crippen LogP contribution is 1.92. The largest absolute Gasteiger partial charge is 0.383 e. The van der Waals surface area contributed by atoms with Gasteiger partial charge in [0.25, 0.3) is 0 Å². The van der Waals surface area contributed by atoms with E-state index in [1.165, 1.54) is 7.11 Å². The van der Waals surface area contributed by atoms with Gasteiger partial charge in [0, 0.05) is 7.11 Å². The van der Waals surface area contributed by atoms with Gasteiger partial charge in [-0.25, -0.2) is 5.84 Å². The van der Waals surface area contributed by atoms with Crippen molar-refractivity contribution in [2.24, 2.45) is 5.84 Å². The van der Waals surface area contributed by atoms with Gasteiger partial charge in [0.2, 0.25) is 5.91 Å². The number of carbonyl (C=O) groups excluding carboxylic acids is 1. The summed E-state index contributed by atoms with van der Waals surface area (Å²) >= 11 is 3.87. The number of thiol groups is 1. The van der Waals surface area contributed by atoms with Crippen molar-refractivity contribution >= 4 is 18.5 Å². The maximum atomic E-state index is 10.5. The molecule has 0 aromatic carbocycles. The van der Waals surface area contributed by atoms with E-state index in [9.17, 15) is 4.79 Å². The van der Waals surface area contributed by atoms with E-state index in [0.717, 1.165) is 0 Å². The maximum Gasteiger partial charge on any atom is 0.249 e. The van der Waals surface area contributed by atoms with E-state index in [4.69, 9.17) is 5.84 Å². The molecule has 3 N–H and O–H groups in total. The second-order valence-electron chi connectivity index (χ2n) is 1.48. The predicted octanol–water partition coefficient (Wildman–Crippen LogP) is -1.08. The van der Waals surface area contributed by atoms with Crippen LogP contribution in [0.1, 0.15) is 0 Å². The van der Waals surface area contributed by atoms with Gasteiger partial charge in [0.05, 0.1) is 6.61 Å². The number of hydrogen-bond acceptors (Lipinski definition) is 4. The molecule has 9 heavy (non-hydrogen) atoms. The molecule has 0 spiro atoms. The van der Waals surface area contributed by atoms with Crippen molar-refractivity contribution in [1.82, 2.24) is 5.43 Å². The monoisotopic (exact) mass is 150 g/mol. The molecule has 0 rings (SSSR count). The molecule has 0 bridgehead atoms. The molecule has 0 aromatic rings. The molecule has 0 aromatic heterocycles. The standard InChI is InChI=1S/C4H10N2O2S/c1-8-2-3(9)4(7)6-5/h3,9H,2,5H2,1H3,(H,6,7). The number of methoxy groups -OCH3 is 1. The number of nitrogens with one attached hydrogen (secondary N) is 1. The topological polar surface area (TPSA) is 64.3 Å². The van der Waals surface area contributed by atoms with Crippen LogP contribution in [-0.2, 0) is 9.53 Å². The Morgan fingerprint density at radius 2 is 2.56 bits per heavy atom. The minimum Gasteiger partial charge on any atom is -0.383 e. The lowest BCUT2D eigenvalue weighted by molar-refractivity contribution is -0.121. The zero-order chi connectivity index (χ0) is 7.28. The molecule has 0 aliphatic heterocycles. The van der Waals surface area contributed by atoms with Crippen LogP contribution in [0.5, 0.6) is 0 Å². The van der Waals surface area contributed by atoms with Crippen molar-refractivity contribution in [2.75, 3.05) is 13.7 Å². The average Bonchev–Trinajstić information content (AvgIpc) is 1.87. The number of nitrogens with two attached hydrogens (primary N) is 1. The molecule has 0 aliphatic rings. The first kappa shape index (κ1) is 8.74. The molecule has 5 heteroatoms. The summed E-state index contributed by atoms with van der Waals surface area (Å²) in [7, 11) is 1.49. The zero-order valence-corrected chi connectivity index (χ0v) is 6.02. The lowest BCUT2D eigenvalue weighted by atomic mass is 10.4. The Kier molecular flexibility index (Phi) is 4.47. The quantitative estimate of drug-likeness (QED) is 0.207. The van der Waals surface area contributed by atoms with Crippen LogP contribution >= 0.6 is 12.6 Å². The highest BCUT2D eigenvalue weighted by molar-refractivity contribution is 7.81. The van der Waals surface area contributed by atoms with Gasteiger partial charge in [-0.15, -0.1) is 0 Å². The summed E-state index contributed by atoms with van der Waals surface area (Å²) in [6.45, 7) is 0.270. The molecular weight excluding hydrogens is 140 g/mol. The summed E-state index contributed by atoms with van der Waals surface area (Å²) in [5.41, 5.74) is 1.95. The Morgan fingerprint density at radius 1 is 2.00 bits per heavy atom. The minimum atomic E-state index is -0.472. The second-order valence-corrected chi connectivity index (χ2v) is 2.10. The van der Waals surface area contributed by atoms with Gasteiger partial charge in [-0.2, -0.15) is 12.6 Å². The number of amides is 1. The zero-order valence-electron chi connectivity index (χ0n) is 5.13. The second kappa shape index (κ2) is 4.60. The van der Waals surface area contributed by atoms with Crippen molar-refractivity contribution in [3.63, 3.8) is 0 Å². The molecule has 0 radical (unpaired) electrons. The van der Waals surface area contributed by atoms with Crippen LogP contribution in [0.25, 0.3) is 0 Å². The number of hydrogen-bond donors (Lipinski definition) is 3. The molecule has 0 aliphatic carbocycles. The molecule has 1 unspecified atom stereocenters. The van der Waals surface area contributed by atoms with E-state index >= 15 is 0 Å². The van der Waals surface area contributed by atoms with Crippen molar-refractivity contribution in [2.45, 2.75) is 5.25 Å². The lowest BCUT2D eigenvalue weighted by Crippen LogP contribution is -2.38. The van der Waals surface area contributed by atoms with Crippen molar-refractivity contribution < 1.29 is 9.53 Å². The summed E-state index contributed by atoms with van der Waals surface area (Å²) < 4.78 is 4.63. The third-order valence-corrected chi connectivity index (χ3v) is 1.15. The van der Waals surface area contributed by atoms with Crippen molar-refractivity contribution in [3.05, 3.63) is 0 Å². The van der Waals surface area contributed by atoms with E-state index < -0.39 is 5.25 Å². The van der Waals surface area contributed by atoms with Gasteiger partial charge in [0.15, 0.2) is 0 Å². The van der Waals surface area contributed by atoms with Crippen molar-refractivity contribution in [1.29, 1.82) is 0 Å². The van der Waals surface area contributed by atoms with Crippen LogP contribution in [0.15, 0.2) is 0 Å². The van der Waals surface area contributed by atoms with Gasteiger partial charge >= 0.3 is 0 Å². The molecule has 0 heterocycles. The number of carbonyl (C=O) groups is 1. The molecule has 4 nitrogen and oxygen atoms in total. The van der Waals surface area contributed by atoms with Gasteiger partial charge in [-0.05, 0) is 0 Å². The summed E-state index contributed by atoms with van der Waals surface area (Å²) in [6, 6.07) is 0. The fraction of sp³-hybridized carbons (Fsp3) is 0.750. The Morgan fingerprint density at radius 3 is 2.89 bits per heavy atom. The van der Waals surface area contributed by atoms with Crippen LogP contribution in [0.4, 0.5) is 0 Å². The summed E-state index contributed by atoms with van der Waals surface area (Å²) in [5.74, 6) is 4.47. The fourth-order valence-corrected chi connectivity index (χ4v) is 0.553. The van der Waals surface area contributed by atoms with Crippen LogP contribution in [0.2, 0.25) is 0 Å². The third-order valence-electron chi connectivity index (χ3n) is 0.769. The van der Waals surface area contributed by atoms with Gasteiger partial charge in [0.1, 0.15) is 5.25 Å². The van der Waals surface area contributed by atoms with Crippen LogP contribution in [-0.4, -0.2) is 24.9 Å². The SMILES string of the molecule is COCC(S)C(=O)NN. The predicted molar refractivity (Wildman–Crippen MR) is 37.0 cm³/mol. The summed E-state index contributed by atoms with van der Waals surface area (Å²) in [4.78, 5) is 10.5. The highest BCUT2D eigenvalue weighted by atomic mass is 32.1. The van der Waals surface area contributed by atoms with Crippen LogP contribution in [0.3, 0.4) is 0 Å². The molecule has 1 amide bonds. The number of rotatable bonds is 3.